The first-order chi connectivity index (χ1) is 12.6. The van der Waals surface area contributed by atoms with E-state index in [2.05, 4.69) is 10.3 Å². The third kappa shape index (κ3) is 4.31. The molecule has 6 nitrogen and oxygen atoms in total. The van der Waals surface area contributed by atoms with Gasteiger partial charge in [-0.2, -0.15) is 4.98 Å². The first-order valence-electron chi connectivity index (χ1n) is 8.50. The highest BCUT2D eigenvalue weighted by molar-refractivity contribution is 8.00. The van der Waals surface area contributed by atoms with E-state index >= 15 is 0 Å². The highest BCUT2D eigenvalue weighted by Gasteiger charge is 2.20. The van der Waals surface area contributed by atoms with Gasteiger partial charge < -0.3 is 10.4 Å². The van der Waals surface area contributed by atoms with Crippen LogP contribution in [-0.2, 0) is 24.2 Å². The summed E-state index contributed by atoms with van der Waals surface area (Å²) in [5, 5.41) is 12.5. The molecule has 1 heterocycles. The average molecular weight is 377 g/mol. The zero-order valence-corrected chi connectivity index (χ0v) is 15.0. The summed E-state index contributed by atoms with van der Waals surface area (Å²) in [4.78, 5) is 28.5. The van der Waals surface area contributed by atoms with Crippen molar-refractivity contribution in [1.29, 1.82) is 0 Å². The SMILES string of the molecule is O=C(CSc1nc(=O)n(CCO)c2c1CCCC2)Nc1ccc(F)cc1. The Bertz CT molecular complexity index is 852. The highest BCUT2D eigenvalue weighted by atomic mass is 32.2. The first-order valence-corrected chi connectivity index (χ1v) is 9.48. The second-order valence-electron chi connectivity index (χ2n) is 6.05. The minimum atomic E-state index is -0.388. The van der Waals surface area contributed by atoms with Gasteiger partial charge in [0, 0.05) is 16.9 Å². The van der Waals surface area contributed by atoms with Crippen molar-refractivity contribution in [2.24, 2.45) is 0 Å². The van der Waals surface area contributed by atoms with Crippen molar-refractivity contribution in [2.75, 3.05) is 17.7 Å². The zero-order chi connectivity index (χ0) is 18.5. The molecular weight excluding hydrogens is 357 g/mol. The van der Waals surface area contributed by atoms with Gasteiger partial charge in [-0.1, -0.05) is 11.8 Å². The molecular formula is C18H20FN3O3S. The van der Waals surface area contributed by atoms with Crippen LogP contribution >= 0.6 is 11.8 Å². The largest absolute Gasteiger partial charge is 0.395 e. The molecule has 0 radical (unpaired) electrons. The van der Waals surface area contributed by atoms with E-state index in [0.29, 0.717) is 10.7 Å². The minimum absolute atomic E-state index is 0.111. The summed E-state index contributed by atoms with van der Waals surface area (Å²) < 4.78 is 14.4. The van der Waals surface area contributed by atoms with Gasteiger partial charge in [0.1, 0.15) is 10.8 Å². The Morgan fingerprint density at radius 3 is 2.73 bits per heavy atom. The van der Waals surface area contributed by atoms with Crippen LogP contribution in [0, 0.1) is 5.82 Å². The third-order valence-corrected chi connectivity index (χ3v) is 5.26. The number of aromatic nitrogens is 2. The molecule has 1 aromatic carbocycles. The molecule has 1 aliphatic rings. The number of carbonyl (C=O) groups is 1. The summed E-state index contributed by atoms with van der Waals surface area (Å²) in [6.07, 6.45) is 3.61. The van der Waals surface area contributed by atoms with Crippen molar-refractivity contribution in [3.8, 4) is 0 Å². The standard InChI is InChI=1S/C18H20FN3O3S/c19-12-5-7-13(8-6-12)20-16(24)11-26-17-14-3-1-2-4-15(14)22(9-10-23)18(25)21-17/h5-8,23H,1-4,9-11H2,(H,20,24). The molecule has 0 spiro atoms. The van der Waals surface area contributed by atoms with Crippen LogP contribution in [-0.4, -0.2) is 32.9 Å². The fourth-order valence-electron chi connectivity index (χ4n) is 3.06. The Hall–Kier alpha value is -2.19. The lowest BCUT2D eigenvalue weighted by Crippen LogP contribution is -2.31. The molecule has 0 saturated carbocycles. The summed E-state index contributed by atoms with van der Waals surface area (Å²) in [6, 6.07) is 5.55. The summed E-state index contributed by atoms with van der Waals surface area (Å²) in [7, 11) is 0. The third-order valence-electron chi connectivity index (χ3n) is 4.24. The number of halogens is 1. The average Bonchev–Trinajstić information content (AvgIpc) is 2.64. The van der Waals surface area contributed by atoms with Crippen molar-refractivity contribution >= 4 is 23.4 Å². The number of hydrogen-bond acceptors (Lipinski definition) is 5. The predicted molar refractivity (Wildman–Crippen MR) is 98.0 cm³/mol. The molecule has 0 aliphatic heterocycles. The van der Waals surface area contributed by atoms with Crippen molar-refractivity contribution in [2.45, 2.75) is 37.3 Å². The van der Waals surface area contributed by atoms with E-state index in [0.717, 1.165) is 36.9 Å². The van der Waals surface area contributed by atoms with Gasteiger partial charge in [-0.05, 0) is 49.9 Å². The quantitative estimate of drug-likeness (QED) is 0.594. The van der Waals surface area contributed by atoms with Gasteiger partial charge in [0.05, 0.1) is 18.9 Å². The molecule has 8 heteroatoms. The molecule has 138 valence electrons. The monoisotopic (exact) mass is 377 g/mol. The lowest BCUT2D eigenvalue weighted by molar-refractivity contribution is -0.113. The molecule has 0 atom stereocenters. The maximum Gasteiger partial charge on any atom is 0.348 e. The van der Waals surface area contributed by atoms with Crippen molar-refractivity contribution < 1.29 is 14.3 Å². The van der Waals surface area contributed by atoms with Crippen LogP contribution in [0.15, 0.2) is 34.1 Å². The Morgan fingerprint density at radius 1 is 1.27 bits per heavy atom. The number of carbonyl (C=O) groups excluding carboxylic acids is 1. The van der Waals surface area contributed by atoms with Gasteiger partial charge in [-0.3, -0.25) is 9.36 Å². The minimum Gasteiger partial charge on any atom is -0.395 e. The molecule has 0 fully saturated rings. The van der Waals surface area contributed by atoms with Gasteiger partial charge in [0.15, 0.2) is 0 Å². The lowest BCUT2D eigenvalue weighted by Gasteiger charge is -2.22. The smallest absolute Gasteiger partial charge is 0.348 e. The van der Waals surface area contributed by atoms with E-state index < -0.39 is 0 Å². The zero-order valence-electron chi connectivity index (χ0n) is 14.2. The molecule has 1 aliphatic carbocycles. The molecule has 2 aromatic rings. The van der Waals surface area contributed by atoms with Crippen LogP contribution in [0.4, 0.5) is 10.1 Å². The van der Waals surface area contributed by atoms with E-state index in [1.54, 1.807) is 0 Å². The fraction of sp³-hybridized carbons (Fsp3) is 0.389. The normalized spacial score (nSPS) is 13.3. The Morgan fingerprint density at radius 2 is 2.00 bits per heavy atom. The summed E-state index contributed by atoms with van der Waals surface area (Å²) in [6.45, 7) is 0.130. The Labute approximate surface area is 154 Å². The number of nitrogens with zero attached hydrogens (tertiary/aromatic N) is 2. The van der Waals surface area contributed by atoms with E-state index in [1.165, 1.54) is 40.6 Å². The van der Waals surface area contributed by atoms with Gasteiger partial charge in [0.25, 0.3) is 0 Å². The highest BCUT2D eigenvalue weighted by Crippen LogP contribution is 2.28. The van der Waals surface area contributed by atoms with Gasteiger partial charge in [-0.15, -0.1) is 0 Å². The summed E-state index contributed by atoms with van der Waals surface area (Å²) >= 11 is 1.23. The van der Waals surface area contributed by atoms with Crippen molar-refractivity contribution in [1.82, 2.24) is 9.55 Å². The second kappa shape index (κ2) is 8.46. The second-order valence-corrected chi connectivity index (χ2v) is 7.01. The van der Waals surface area contributed by atoms with Gasteiger partial charge in [-0.25, -0.2) is 9.18 Å². The number of nitrogens with one attached hydrogen (secondary N) is 1. The number of aliphatic hydroxyl groups is 1. The number of rotatable bonds is 6. The number of aliphatic hydroxyl groups excluding tert-OH is 1. The molecule has 2 N–H and O–H groups in total. The van der Waals surface area contributed by atoms with Crippen LogP contribution in [0.25, 0.3) is 0 Å². The maximum atomic E-state index is 12.9. The number of anilines is 1. The molecule has 3 rings (SSSR count). The van der Waals surface area contributed by atoms with Crippen molar-refractivity contribution in [3.05, 3.63) is 51.8 Å². The summed E-state index contributed by atoms with van der Waals surface area (Å²) in [5.74, 6) is -0.496. The molecule has 0 saturated heterocycles. The number of amides is 1. The number of fused-ring (bicyclic) bond motifs is 1. The molecule has 1 aromatic heterocycles. The topological polar surface area (TPSA) is 84.2 Å². The van der Waals surface area contributed by atoms with Crippen LogP contribution in [0.2, 0.25) is 0 Å². The van der Waals surface area contributed by atoms with Crippen LogP contribution in [0.3, 0.4) is 0 Å². The van der Waals surface area contributed by atoms with Gasteiger partial charge in [0.2, 0.25) is 5.91 Å². The van der Waals surface area contributed by atoms with Crippen molar-refractivity contribution in [3.63, 3.8) is 0 Å². The van der Waals surface area contributed by atoms with E-state index in [4.69, 9.17) is 0 Å². The lowest BCUT2D eigenvalue weighted by atomic mass is 9.97. The van der Waals surface area contributed by atoms with Gasteiger partial charge >= 0.3 is 5.69 Å². The van der Waals surface area contributed by atoms with Crippen LogP contribution in [0.5, 0.6) is 0 Å². The van der Waals surface area contributed by atoms with E-state index in [-0.39, 0.29) is 36.3 Å². The molecule has 0 bridgehead atoms. The number of thioether (sulfide) groups is 1. The number of hydrogen-bond donors (Lipinski definition) is 2. The van der Waals surface area contributed by atoms with Crippen LogP contribution in [0.1, 0.15) is 24.1 Å². The maximum absolute atomic E-state index is 12.9. The molecule has 1 amide bonds. The van der Waals surface area contributed by atoms with E-state index in [1.807, 2.05) is 0 Å². The number of benzene rings is 1. The predicted octanol–water partition coefficient (Wildman–Crippen LogP) is 1.98. The molecule has 26 heavy (non-hydrogen) atoms. The fourth-order valence-corrected chi connectivity index (χ4v) is 3.94. The van der Waals surface area contributed by atoms with Crippen LogP contribution < -0.4 is 11.0 Å². The Kier molecular flexibility index (Phi) is 6.05. The van der Waals surface area contributed by atoms with E-state index in [9.17, 15) is 19.1 Å². The Balaban J connectivity index is 1.73. The molecule has 0 unspecified atom stereocenters. The first kappa shape index (κ1) is 18.6. The summed E-state index contributed by atoms with van der Waals surface area (Å²) in [5.41, 5.74) is 2.06.